The number of fused-ring (bicyclic) bond motifs is 1. The van der Waals surface area contributed by atoms with Gasteiger partial charge in [0.2, 0.25) is 5.91 Å². The van der Waals surface area contributed by atoms with Crippen LogP contribution in [0.2, 0.25) is 0 Å². The average Bonchev–Trinajstić information content (AvgIpc) is 3.10. The highest BCUT2D eigenvalue weighted by molar-refractivity contribution is 5.97. The number of hydrogen-bond acceptors (Lipinski definition) is 4. The van der Waals surface area contributed by atoms with Crippen molar-refractivity contribution >= 4 is 11.8 Å². The van der Waals surface area contributed by atoms with Crippen LogP contribution < -0.4 is 14.8 Å². The van der Waals surface area contributed by atoms with Gasteiger partial charge in [0, 0.05) is 25.4 Å². The predicted octanol–water partition coefficient (Wildman–Crippen LogP) is 1.28. The maximum Gasteiger partial charge on any atom is 0.270 e. The van der Waals surface area contributed by atoms with Crippen LogP contribution >= 0.6 is 0 Å². The number of ether oxygens (including phenoxy) is 2. The summed E-state index contributed by atoms with van der Waals surface area (Å²) in [6.07, 6.45) is 1.81. The molecule has 0 aliphatic carbocycles. The molecule has 2 heterocycles. The summed E-state index contributed by atoms with van der Waals surface area (Å²) >= 11 is 0. The van der Waals surface area contributed by atoms with E-state index in [9.17, 15) is 9.59 Å². The maximum absolute atomic E-state index is 12.6. The highest BCUT2D eigenvalue weighted by Gasteiger charge is 2.33. The minimum atomic E-state index is -0.552. The number of rotatable bonds is 5. The van der Waals surface area contributed by atoms with Gasteiger partial charge < -0.3 is 24.3 Å². The molecule has 0 spiro atoms. The molecule has 1 aromatic carbocycles. The van der Waals surface area contributed by atoms with Gasteiger partial charge in [0.05, 0.1) is 20.8 Å². The average molecular weight is 343 g/mol. The molecule has 1 unspecified atom stereocenters. The number of amides is 2. The molecule has 2 amide bonds. The van der Waals surface area contributed by atoms with Gasteiger partial charge in [-0.2, -0.15) is 0 Å². The Bertz CT molecular complexity index is 799. The van der Waals surface area contributed by atoms with Gasteiger partial charge in [0.25, 0.3) is 5.91 Å². The largest absolute Gasteiger partial charge is 0.493 e. The van der Waals surface area contributed by atoms with Crippen molar-refractivity contribution in [2.24, 2.45) is 0 Å². The van der Waals surface area contributed by atoms with Gasteiger partial charge in [-0.05, 0) is 18.2 Å². The monoisotopic (exact) mass is 343 g/mol. The summed E-state index contributed by atoms with van der Waals surface area (Å²) in [5.74, 6) is 0.831. The van der Waals surface area contributed by atoms with E-state index in [1.54, 1.807) is 38.0 Å². The van der Waals surface area contributed by atoms with E-state index in [4.69, 9.17) is 9.47 Å². The number of aromatic nitrogens is 1. The van der Waals surface area contributed by atoms with Crippen LogP contribution in [-0.4, -0.2) is 48.6 Å². The number of carbonyl (C=O) groups excluding carboxylic acids is 2. The number of carbonyl (C=O) groups is 2. The van der Waals surface area contributed by atoms with E-state index in [0.717, 1.165) is 5.56 Å². The molecule has 0 saturated carbocycles. The second-order valence-corrected chi connectivity index (χ2v) is 5.85. The van der Waals surface area contributed by atoms with Crippen molar-refractivity contribution in [3.63, 3.8) is 0 Å². The van der Waals surface area contributed by atoms with Crippen molar-refractivity contribution in [3.05, 3.63) is 47.8 Å². The molecule has 0 radical (unpaired) electrons. The molecule has 3 rings (SSSR count). The van der Waals surface area contributed by atoms with E-state index in [0.29, 0.717) is 23.7 Å². The van der Waals surface area contributed by atoms with Crippen LogP contribution in [0.25, 0.3) is 0 Å². The molecule has 0 saturated heterocycles. The fourth-order valence-corrected chi connectivity index (χ4v) is 3.05. The van der Waals surface area contributed by atoms with Crippen molar-refractivity contribution in [3.8, 4) is 11.5 Å². The molecule has 1 aromatic heterocycles. The zero-order chi connectivity index (χ0) is 18.0. The van der Waals surface area contributed by atoms with Crippen LogP contribution in [0.4, 0.5) is 0 Å². The van der Waals surface area contributed by atoms with Crippen molar-refractivity contribution in [2.45, 2.75) is 19.1 Å². The Balaban J connectivity index is 1.73. The van der Waals surface area contributed by atoms with Crippen LogP contribution in [0.15, 0.2) is 36.5 Å². The molecular weight excluding hydrogens is 322 g/mol. The topological polar surface area (TPSA) is 72.8 Å². The summed E-state index contributed by atoms with van der Waals surface area (Å²) in [6, 6.07) is 8.51. The van der Waals surface area contributed by atoms with Gasteiger partial charge >= 0.3 is 0 Å². The summed E-state index contributed by atoms with van der Waals surface area (Å²) < 4.78 is 12.4. The smallest absolute Gasteiger partial charge is 0.270 e. The van der Waals surface area contributed by atoms with Gasteiger partial charge in [-0.3, -0.25) is 9.59 Å². The molecule has 1 aliphatic rings. The highest BCUT2D eigenvalue weighted by atomic mass is 16.5. The minimum absolute atomic E-state index is 0.157. The Labute approximate surface area is 146 Å². The molecule has 1 atom stereocenters. The Kier molecular flexibility index (Phi) is 4.65. The molecule has 0 bridgehead atoms. The Morgan fingerprint density at radius 2 is 2.04 bits per heavy atom. The standard InChI is InChI=1S/C18H21N3O4/c1-20-14(11-21-9-5-7-13(21)18(20)23)17(22)19-10-12-6-4-8-15(24-2)16(12)25-3/h4-9,14H,10-11H2,1-3H3,(H,19,22). The fraction of sp³-hybridized carbons (Fsp3) is 0.333. The molecule has 132 valence electrons. The van der Waals surface area contributed by atoms with Gasteiger partial charge in [0.15, 0.2) is 11.5 Å². The quantitative estimate of drug-likeness (QED) is 0.888. The van der Waals surface area contributed by atoms with Crippen LogP contribution in [-0.2, 0) is 17.9 Å². The number of para-hydroxylation sites is 1. The lowest BCUT2D eigenvalue weighted by Gasteiger charge is -2.32. The first kappa shape index (κ1) is 16.9. The van der Waals surface area contributed by atoms with Crippen molar-refractivity contribution < 1.29 is 19.1 Å². The van der Waals surface area contributed by atoms with Crippen molar-refractivity contribution in [1.29, 1.82) is 0 Å². The number of likely N-dealkylation sites (N-methyl/N-ethyl adjacent to an activating group) is 1. The molecule has 7 nitrogen and oxygen atoms in total. The lowest BCUT2D eigenvalue weighted by Crippen LogP contribution is -2.53. The Morgan fingerprint density at radius 3 is 2.76 bits per heavy atom. The van der Waals surface area contributed by atoms with E-state index in [1.807, 2.05) is 24.4 Å². The Hall–Kier alpha value is -2.96. The zero-order valence-electron chi connectivity index (χ0n) is 14.5. The maximum atomic E-state index is 12.6. The molecule has 2 aromatic rings. The fourth-order valence-electron chi connectivity index (χ4n) is 3.05. The highest BCUT2D eigenvalue weighted by Crippen LogP contribution is 2.30. The van der Waals surface area contributed by atoms with Crippen molar-refractivity contribution in [1.82, 2.24) is 14.8 Å². The third-order valence-electron chi connectivity index (χ3n) is 4.45. The van der Waals surface area contributed by atoms with Gasteiger partial charge in [-0.15, -0.1) is 0 Å². The molecular formula is C18H21N3O4. The number of nitrogens with one attached hydrogen (secondary N) is 1. The van der Waals surface area contributed by atoms with Crippen LogP contribution in [0.1, 0.15) is 16.1 Å². The SMILES string of the molecule is COc1cccc(CNC(=O)C2Cn3cccc3C(=O)N2C)c1OC. The third kappa shape index (κ3) is 3.05. The molecule has 0 fully saturated rings. The first-order valence-corrected chi connectivity index (χ1v) is 7.96. The first-order valence-electron chi connectivity index (χ1n) is 7.96. The zero-order valence-corrected chi connectivity index (χ0v) is 14.5. The van der Waals surface area contributed by atoms with E-state index in [-0.39, 0.29) is 18.4 Å². The number of nitrogens with zero attached hydrogens (tertiary/aromatic N) is 2. The second-order valence-electron chi connectivity index (χ2n) is 5.85. The lowest BCUT2D eigenvalue weighted by molar-refractivity contribution is -0.126. The third-order valence-corrected chi connectivity index (χ3v) is 4.45. The molecule has 7 heteroatoms. The summed E-state index contributed by atoms with van der Waals surface area (Å²) in [6.45, 7) is 0.724. The van der Waals surface area contributed by atoms with Gasteiger partial charge in [-0.25, -0.2) is 0 Å². The lowest BCUT2D eigenvalue weighted by atomic mass is 10.1. The van der Waals surface area contributed by atoms with E-state index < -0.39 is 6.04 Å². The molecule has 1 aliphatic heterocycles. The second kappa shape index (κ2) is 6.88. The van der Waals surface area contributed by atoms with E-state index in [1.165, 1.54) is 4.90 Å². The molecule has 25 heavy (non-hydrogen) atoms. The predicted molar refractivity (Wildman–Crippen MR) is 91.7 cm³/mol. The summed E-state index contributed by atoms with van der Waals surface area (Å²) in [5.41, 5.74) is 1.41. The van der Waals surface area contributed by atoms with Crippen molar-refractivity contribution in [2.75, 3.05) is 21.3 Å². The minimum Gasteiger partial charge on any atom is -0.493 e. The van der Waals surface area contributed by atoms with Crippen LogP contribution in [0.5, 0.6) is 11.5 Å². The Morgan fingerprint density at radius 1 is 1.24 bits per heavy atom. The van der Waals surface area contributed by atoms with Crippen LogP contribution in [0, 0.1) is 0 Å². The van der Waals surface area contributed by atoms with Crippen LogP contribution in [0.3, 0.4) is 0 Å². The number of hydrogen-bond donors (Lipinski definition) is 1. The number of benzene rings is 1. The molecule has 1 N–H and O–H groups in total. The van der Waals surface area contributed by atoms with Gasteiger partial charge in [-0.1, -0.05) is 12.1 Å². The first-order chi connectivity index (χ1) is 12.1. The summed E-state index contributed by atoms with van der Waals surface area (Å²) in [5, 5.41) is 2.89. The van der Waals surface area contributed by atoms with E-state index in [2.05, 4.69) is 5.32 Å². The normalized spacial score (nSPS) is 16.4. The van der Waals surface area contributed by atoms with Gasteiger partial charge in [0.1, 0.15) is 11.7 Å². The van der Waals surface area contributed by atoms with E-state index >= 15 is 0 Å². The summed E-state index contributed by atoms with van der Waals surface area (Å²) in [4.78, 5) is 26.4. The number of methoxy groups -OCH3 is 2. The summed E-state index contributed by atoms with van der Waals surface area (Å²) in [7, 11) is 4.77.